The van der Waals surface area contributed by atoms with Crippen LogP contribution in [0.1, 0.15) is 90.4 Å². The van der Waals surface area contributed by atoms with Crippen LogP contribution in [0.4, 0.5) is 8.78 Å². The van der Waals surface area contributed by atoms with Crippen LogP contribution < -0.4 is 9.47 Å². The van der Waals surface area contributed by atoms with Gasteiger partial charge in [0.15, 0.2) is 11.5 Å². The fourth-order valence-electron chi connectivity index (χ4n) is 7.20. The van der Waals surface area contributed by atoms with Gasteiger partial charge in [-0.3, -0.25) is 4.79 Å². The summed E-state index contributed by atoms with van der Waals surface area (Å²) in [5.41, 5.74) is 0. The van der Waals surface area contributed by atoms with Crippen molar-refractivity contribution in [2.75, 3.05) is 6.61 Å². The van der Waals surface area contributed by atoms with Crippen LogP contribution in [0.5, 0.6) is 11.5 Å². The van der Waals surface area contributed by atoms with E-state index in [1.807, 2.05) is 0 Å². The number of esters is 1. The monoisotopic (exact) mass is 488 g/mol. The van der Waals surface area contributed by atoms with Crippen LogP contribution in [-0.4, -0.2) is 12.6 Å². The lowest BCUT2D eigenvalue weighted by Gasteiger charge is -2.46. The molecule has 4 unspecified atom stereocenters. The summed E-state index contributed by atoms with van der Waals surface area (Å²) in [6.07, 6.45) is 17.5. The molecule has 3 aliphatic carbocycles. The van der Waals surface area contributed by atoms with Crippen LogP contribution in [0.25, 0.3) is 0 Å². The highest BCUT2D eigenvalue weighted by Crippen LogP contribution is 2.50. The first kappa shape index (κ1) is 26.2. The maximum atomic E-state index is 14.5. The van der Waals surface area contributed by atoms with E-state index in [-0.39, 0.29) is 24.0 Å². The molecule has 0 aliphatic heterocycles. The van der Waals surface area contributed by atoms with E-state index < -0.39 is 17.6 Å². The van der Waals surface area contributed by atoms with Gasteiger partial charge in [-0.2, -0.15) is 8.78 Å². The van der Waals surface area contributed by atoms with Crippen molar-refractivity contribution >= 4 is 5.97 Å². The number of carbonyl (C=O) groups is 1. The van der Waals surface area contributed by atoms with Crippen molar-refractivity contribution in [1.82, 2.24) is 0 Å². The largest absolute Gasteiger partial charge is 0.486 e. The molecule has 4 atom stereocenters. The maximum absolute atomic E-state index is 14.5. The summed E-state index contributed by atoms with van der Waals surface area (Å²) in [6.45, 7) is 5.85. The molecule has 0 bridgehead atoms. The third kappa shape index (κ3) is 6.27. The highest BCUT2D eigenvalue weighted by Gasteiger charge is 2.43. The molecule has 0 aromatic heterocycles. The Balaban J connectivity index is 1.33. The van der Waals surface area contributed by atoms with E-state index in [4.69, 9.17) is 9.47 Å². The van der Waals surface area contributed by atoms with Crippen LogP contribution in [-0.2, 0) is 4.79 Å². The Hall–Kier alpha value is -1.91. The van der Waals surface area contributed by atoms with Crippen LogP contribution in [0, 0.1) is 47.1 Å². The second-order valence-electron chi connectivity index (χ2n) is 11.2. The number of halogens is 2. The van der Waals surface area contributed by atoms with E-state index in [0.717, 1.165) is 37.0 Å². The molecule has 35 heavy (non-hydrogen) atoms. The Morgan fingerprint density at radius 2 is 1.69 bits per heavy atom. The Morgan fingerprint density at radius 1 is 0.971 bits per heavy atom. The Morgan fingerprint density at radius 3 is 2.43 bits per heavy atom. The van der Waals surface area contributed by atoms with Gasteiger partial charge in [-0.15, -0.1) is 0 Å². The van der Waals surface area contributed by atoms with E-state index in [2.05, 4.69) is 13.5 Å². The van der Waals surface area contributed by atoms with Gasteiger partial charge in [-0.05, 0) is 80.2 Å². The van der Waals surface area contributed by atoms with Crippen molar-refractivity contribution in [3.05, 3.63) is 36.4 Å². The standard InChI is InChI=1S/C30H42F2O3/c1-3-5-7-20-10-12-21(13-11-20)22-14-15-24-23(19-22)8-6-9-25(24)30(33)35-27-17-16-26(34-18-4-2)28(31)29(27)32/h4,16-17,20-25H,2-3,5-15,18-19H2,1H3. The number of fused-ring (bicyclic) bond motifs is 1. The number of hydrogen-bond donors (Lipinski definition) is 0. The minimum Gasteiger partial charge on any atom is -0.486 e. The molecule has 3 saturated carbocycles. The quantitative estimate of drug-likeness (QED) is 0.199. The first-order chi connectivity index (χ1) is 17.0. The average molecular weight is 489 g/mol. The minimum atomic E-state index is -1.18. The number of ether oxygens (including phenoxy) is 2. The molecule has 3 aliphatic rings. The third-order valence-electron chi connectivity index (χ3n) is 9.09. The second kappa shape index (κ2) is 12.4. The molecule has 4 rings (SSSR count). The van der Waals surface area contributed by atoms with Gasteiger partial charge in [0.2, 0.25) is 11.6 Å². The Kier molecular flexibility index (Phi) is 9.24. The molecular formula is C30H42F2O3. The van der Waals surface area contributed by atoms with Crippen molar-refractivity contribution in [3.8, 4) is 11.5 Å². The molecule has 0 radical (unpaired) electrons. The molecule has 3 nitrogen and oxygen atoms in total. The number of unbranched alkanes of at least 4 members (excludes halogenated alkanes) is 1. The summed E-state index contributed by atoms with van der Waals surface area (Å²) in [5.74, 6) is -0.0881. The summed E-state index contributed by atoms with van der Waals surface area (Å²) in [6, 6.07) is 2.58. The fraction of sp³-hybridized carbons (Fsp3) is 0.700. The summed E-state index contributed by atoms with van der Waals surface area (Å²) in [5, 5.41) is 0. The smallest absolute Gasteiger partial charge is 0.314 e. The van der Waals surface area contributed by atoms with Crippen molar-refractivity contribution < 1.29 is 23.0 Å². The molecule has 0 amide bonds. The first-order valence-corrected chi connectivity index (χ1v) is 13.9. The molecular weight excluding hydrogens is 446 g/mol. The average Bonchev–Trinajstić information content (AvgIpc) is 2.89. The van der Waals surface area contributed by atoms with E-state index in [9.17, 15) is 13.6 Å². The Labute approximate surface area is 209 Å². The normalized spacial score (nSPS) is 30.8. The SMILES string of the molecule is C=CCOc1ccc(OC(=O)C2CCCC3CC(C4CCC(CCCC)CC4)CCC32)c(F)c1F. The summed E-state index contributed by atoms with van der Waals surface area (Å²) in [4.78, 5) is 13.1. The molecule has 0 saturated heterocycles. The first-order valence-electron chi connectivity index (χ1n) is 13.9. The maximum Gasteiger partial charge on any atom is 0.314 e. The van der Waals surface area contributed by atoms with Gasteiger partial charge in [-0.25, -0.2) is 0 Å². The fourth-order valence-corrected chi connectivity index (χ4v) is 7.20. The number of benzene rings is 1. The van der Waals surface area contributed by atoms with Gasteiger partial charge in [0.1, 0.15) is 6.61 Å². The zero-order valence-corrected chi connectivity index (χ0v) is 21.3. The topological polar surface area (TPSA) is 35.5 Å². The number of carbonyl (C=O) groups excluding carboxylic acids is 1. The van der Waals surface area contributed by atoms with Gasteiger partial charge < -0.3 is 9.47 Å². The third-order valence-corrected chi connectivity index (χ3v) is 9.09. The van der Waals surface area contributed by atoms with Crippen molar-refractivity contribution in [2.24, 2.45) is 35.5 Å². The highest BCUT2D eigenvalue weighted by atomic mass is 19.2. The molecule has 0 N–H and O–H groups in total. The molecule has 5 heteroatoms. The second-order valence-corrected chi connectivity index (χ2v) is 11.2. The summed E-state index contributed by atoms with van der Waals surface area (Å²) < 4.78 is 39.4. The van der Waals surface area contributed by atoms with Gasteiger partial charge in [0, 0.05) is 0 Å². The highest BCUT2D eigenvalue weighted by molar-refractivity contribution is 5.75. The summed E-state index contributed by atoms with van der Waals surface area (Å²) >= 11 is 0. The van der Waals surface area contributed by atoms with Gasteiger partial charge in [0.25, 0.3) is 0 Å². The van der Waals surface area contributed by atoms with Crippen molar-refractivity contribution in [3.63, 3.8) is 0 Å². The molecule has 1 aromatic rings. The molecule has 0 spiro atoms. The predicted octanol–water partition coefficient (Wildman–Crippen LogP) is 8.26. The van der Waals surface area contributed by atoms with Crippen molar-refractivity contribution in [2.45, 2.75) is 90.4 Å². The number of hydrogen-bond acceptors (Lipinski definition) is 3. The van der Waals surface area contributed by atoms with Crippen LogP contribution in [0.2, 0.25) is 0 Å². The van der Waals surface area contributed by atoms with Crippen LogP contribution in [0.3, 0.4) is 0 Å². The lowest BCUT2D eigenvalue weighted by Crippen LogP contribution is -2.40. The Bertz CT molecular complexity index is 861. The van der Waals surface area contributed by atoms with E-state index in [1.165, 1.54) is 82.4 Å². The van der Waals surface area contributed by atoms with Gasteiger partial charge >= 0.3 is 5.97 Å². The van der Waals surface area contributed by atoms with E-state index in [0.29, 0.717) is 11.8 Å². The van der Waals surface area contributed by atoms with E-state index >= 15 is 0 Å². The zero-order valence-electron chi connectivity index (χ0n) is 21.3. The zero-order chi connectivity index (χ0) is 24.8. The molecule has 194 valence electrons. The minimum absolute atomic E-state index is 0.0714. The molecule has 3 fully saturated rings. The number of rotatable bonds is 9. The van der Waals surface area contributed by atoms with Crippen LogP contribution in [0.15, 0.2) is 24.8 Å². The lowest BCUT2D eigenvalue weighted by atomic mass is 9.59. The van der Waals surface area contributed by atoms with Crippen molar-refractivity contribution in [1.29, 1.82) is 0 Å². The van der Waals surface area contributed by atoms with Crippen LogP contribution >= 0.6 is 0 Å². The van der Waals surface area contributed by atoms with E-state index in [1.54, 1.807) is 0 Å². The van der Waals surface area contributed by atoms with Gasteiger partial charge in [0.05, 0.1) is 5.92 Å². The predicted molar refractivity (Wildman–Crippen MR) is 134 cm³/mol. The summed E-state index contributed by atoms with van der Waals surface area (Å²) in [7, 11) is 0. The molecule has 0 heterocycles. The molecule has 1 aromatic carbocycles. The van der Waals surface area contributed by atoms with Gasteiger partial charge in [-0.1, -0.05) is 64.5 Å². The lowest BCUT2D eigenvalue weighted by molar-refractivity contribution is -0.144.